The van der Waals surface area contributed by atoms with E-state index in [1.807, 2.05) is 0 Å². The van der Waals surface area contributed by atoms with E-state index in [9.17, 15) is 19.2 Å². The minimum absolute atomic E-state index is 0.0675. The van der Waals surface area contributed by atoms with Gasteiger partial charge in [-0.2, -0.15) is 0 Å². The second-order valence-electron chi connectivity index (χ2n) is 5.68. The highest BCUT2D eigenvalue weighted by Crippen LogP contribution is 2.10. The van der Waals surface area contributed by atoms with E-state index in [-0.39, 0.29) is 11.7 Å². The number of carbonyl (C=O) groups excluding carboxylic acids is 4. The minimum atomic E-state index is -0.761. The van der Waals surface area contributed by atoms with Gasteiger partial charge in [0, 0.05) is 37.3 Å². The number of hydrogen-bond donors (Lipinski definition) is 2. The van der Waals surface area contributed by atoms with Crippen LogP contribution in [0.1, 0.15) is 36.5 Å². The van der Waals surface area contributed by atoms with Gasteiger partial charge in [0.15, 0.2) is 5.78 Å². The Kier molecular flexibility index (Phi) is 6.06. The Morgan fingerprint density at radius 3 is 2.42 bits per heavy atom. The summed E-state index contributed by atoms with van der Waals surface area (Å²) in [7, 11) is 0. The van der Waals surface area contributed by atoms with Crippen LogP contribution in [0.2, 0.25) is 0 Å². The molecule has 0 aliphatic carbocycles. The lowest BCUT2D eigenvalue weighted by Crippen LogP contribution is -2.37. The van der Waals surface area contributed by atoms with Crippen molar-refractivity contribution in [1.82, 2.24) is 10.2 Å². The molecule has 24 heavy (non-hydrogen) atoms. The van der Waals surface area contributed by atoms with E-state index in [1.54, 1.807) is 29.2 Å². The predicted octanol–water partition coefficient (Wildman–Crippen LogP) is 0.956. The number of rotatable bonds is 6. The Morgan fingerprint density at radius 1 is 1.12 bits per heavy atom. The number of nitrogens with zero attached hydrogens (tertiary/aromatic N) is 1. The zero-order chi connectivity index (χ0) is 17.5. The molecule has 1 heterocycles. The van der Waals surface area contributed by atoms with Crippen molar-refractivity contribution in [3.63, 3.8) is 0 Å². The lowest BCUT2D eigenvalue weighted by atomic mass is 10.1. The molecule has 1 aromatic rings. The fourth-order valence-electron chi connectivity index (χ4n) is 2.47. The summed E-state index contributed by atoms with van der Waals surface area (Å²) in [6.07, 6.45) is 2.09. The number of anilines is 1. The van der Waals surface area contributed by atoms with Gasteiger partial charge in [-0.3, -0.25) is 19.2 Å². The molecule has 0 bridgehead atoms. The monoisotopic (exact) mass is 331 g/mol. The van der Waals surface area contributed by atoms with Gasteiger partial charge in [0.05, 0.1) is 0 Å². The summed E-state index contributed by atoms with van der Waals surface area (Å²) < 4.78 is 0. The Balaban J connectivity index is 1.70. The van der Waals surface area contributed by atoms with Gasteiger partial charge in [-0.1, -0.05) is 0 Å². The zero-order valence-corrected chi connectivity index (χ0v) is 13.6. The van der Waals surface area contributed by atoms with Crippen molar-refractivity contribution in [3.05, 3.63) is 29.8 Å². The smallest absolute Gasteiger partial charge is 0.313 e. The second-order valence-corrected chi connectivity index (χ2v) is 5.68. The summed E-state index contributed by atoms with van der Waals surface area (Å²) in [5.74, 6) is -1.41. The van der Waals surface area contributed by atoms with Gasteiger partial charge in [0.1, 0.15) is 0 Å². The van der Waals surface area contributed by atoms with Crippen molar-refractivity contribution in [2.24, 2.45) is 0 Å². The number of ketones is 1. The maximum absolute atomic E-state index is 11.8. The summed E-state index contributed by atoms with van der Waals surface area (Å²) in [6, 6.07) is 6.31. The van der Waals surface area contributed by atoms with Crippen LogP contribution < -0.4 is 10.6 Å². The average molecular weight is 331 g/mol. The van der Waals surface area contributed by atoms with E-state index in [2.05, 4.69) is 10.6 Å². The third-order valence-corrected chi connectivity index (χ3v) is 3.82. The SMILES string of the molecule is CC(=O)c1ccc(NC(=O)C(=O)NCCCN2CCCC2=O)cc1. The van der Waals surface area contributed by atoms with Crippen LogP contribution in [0.5, 0.6) is 0 Å². The van der Waals surface area contributed by atoms with Crippen LogP contribution in [0.15, 0.2) is 24.3 Å². The van der Waals surface area contributed by atoms with Crippen molar-refractivity contribution in [2.45, 2.75) is 26.2 Å². The van der Waals surface area contributed by atoms with E-state index in [0.29, 0.717) is 37.2 Å². The number of benzene rings is 1. The molecule has 0 spiro atoms. The Hall–Kier alpha value is -2.70. The molecule has 7 nitrogen and oxygen atoms in total. The van der Waals surface area contributed by atoms with Crippen LogP contribution in [0.3, 0.4) is 0 Å². The highest BCUT2D eigenvalue weighted by atomic mass is 16.2. The van der Waals surface area contributed by atoms with E-state index in [4.69, 9.17) is 0 Å². The fourth-order valence-corrected chi connectivity index (χ4v) is 2.47. The molecule has 1 aliphatic rings. The third kappa shape index (κ3) is 4.91. The molecular weight excluding hydrogens is 310 g/mol. The molecule has 1 fully saturated rings. The van der Waals surface area contributed by atoms with Crippen molar-refractivity contribution in [1.29, 1.82) is 0 Å². The number of amides is 3. The largest absolute Gasteiger partial charge is 0.348 e. The van der Waals surface area contributed by atoms with Crippen molar-refractivity contribution < 1.29 is 19.2 Å². The number of carbonyl (C=O) groups is 4. The molecule has 0 unspecified atom stereocenters. The summed E-state index contributed by atoms with van der Waals surface area (Å²) in [5.41, 5.74) is 0.983. The van der Waals surface area contributed by atoms with Crippen LogP contribution in [-0.4, -0.2) is 48.0 Å². The first kappa shape index (κ1) is 17.7. The van der Waals surface area contributed by atoms with Crippen molar-refractivity contribution in [3.8, 4) is 0 Å². The highest BCUT2D eigenvalue weighted by Gasteiger charge is 2.19. The van der Waals surface area contributed by atoms with Crippen LogP contribution in [0.4, 0.5) is 5.69 Å². The predicted molar refractivity (Wildman–Crippen MR) is 88.5 cm³/mol. The fraction of sp³-hybridized carbons (Fsp3) is 0.412. The quantitative estimate of drug-likeness (QED) is 0.461. The number of Topliss-reactive ketones (excluding diaryl/α,β-unsaturated/α-hetero) is 1. The first-order chi connectivity index (χ1) is 11.5. The molecule has 0 saturated carbocycles. The Labute approximate surface area is 140 Å². The van der Waals surface area contributed by atoms with Gasteiger partial charge in [-0.25, -0.2) is 0 Å². The Bertz CT molecular complexity index is 640. The van der Waals surface area contributed by atoms with Crippen molar-refractivity contribution in [2.75, 3.05) is 25.0 Å². The third-order valence-electron chi connectivity index (χ3n) is 3.82. The number of likely N-dealkylation sites (tertiary alicyclic amines) is 1. The molecule has 1 aliphatic heterocycles. The van der Waals surface area contributed by atoms with Crippen LogP contribution in [0.25, 0.3) is 0 Å². The molecule has 2 rings (SSSR count). The van der Waals surface area contributed by atoms with Gasteiger partial charge in [0.2, 0.25) is 5.91 Å². The maximum atomic E-state index is 11.8. The van der Waals surface area contributed by atoms with E-state index in [1.165, 1.54) is 6.92 Å². The lowest BCUT2D eigenvalue weighted by molar-refractivity contribution is -0.136. The van der Waals surface area contributed by atoms with Crippen LogP contribution >= 0.6 is 0 Å². The molecule has 0 aromatic heterocycles. The molecule has 0 atom stereocenters. The highest BCUT2D eigenvalue weighted by molar-refractivity contribution is 6.39. The lowest BCUT2D eigenvalue weighted by Gasteiger charge is -2.15. The molecule has 1 saturated heterocycles. The molecule has 0 radical (unpaired) electrons. The van der Waals surface area contributed by atoms with Gasteiger partial charge >= 0.3 is 11.8 Å². The standard InChI is InChI=1S/C17H21N3O4/c1-12(21)13-5-7-14(8-6-13)19-17(24)16(23)18-9-3-11-20-10-2-4-15(20)22/h5-8H,2-4,9-11H2,1H3,(H,18,23)(H,19,24). The second kappa shape index (κ2) is 8.24. The summed E-state index contributed by atoms with van der Waals surface area (Å²) in [4.78, 5) is 47.9. The first-order valence-corrected chi connectivity index (χ1v) is 7.95. The first-order valence-electron chi connectivity index (χ1n) is 7.95. The molecule has 1 aromatic carbocycles. The zero-order valence-electron chi connectivity index (χ0n) is 13.6. The molecular formula is C17H21N3O4. The minimum Gasteiger partial charge on any atom is -0.348 e. The summed E-state index contributed by atoms with van der Waals surface area (Å²) >= 11 is 0. The molecule has 7 heteroatoms. The van der Waals surface area contributed by atoms with Crippen molar-refractivity contribution >= 4 is 29.2 Å². The van der Waals surface area contributed by atoms with E-state index >= 15 is 0 Å². The summed E-state index contributed by atoms with van der Waals surface area (Å²) in [5, 5.41) is 5.00. The normalized spacial score (nSPS) is 13.7. The molecule has 3 amide bonds. The van der Waals surface area contributed by atoms with Gasteiger partial charge in [-0.15, -0.1) is 0 Å². The maximum Gasteiger partial charge on any atom is 0.313 e. The van der Waals surface area contributed by atoms with E-state index < -0.39 is 11.8 Å². The Morgan fingerprint density at radius 2 is 1.83 bits per heavy atom. The molecule has 128 valence electrons. The average Bonchev–Trinajstić information content (AvgIpc) is 2.97. The van der Waals surface area contributed by atoms with Crippen LogP contribution in [-0.2, 0) is 14.4 Å². The van der Waals surface area contributed by atoms with Crippen LogP contribution in [0, 0.1) is 0 Å². The number of hydrogen-bond acceptors (Lipinski definition) is 4. The number of nitrogens with one attached hydrogen (secondary N) is 2. The summed E-state index contributed by atoms with van der Waals surface area (Å²) in [6.45, 7) is 3.15. The van der Waals surface area contributed by atoms with E-state index in [0.717, 1.165) is 13.0 Å². The van der Waals surface area contributed by atoms with Gasteiger partial charge in [0.25, 0.3) is 0 Å². The topological polar surface area (TPSA) is 95.6 Å². The van der Waals surface area contributed by atoms with Gasteiger partial charge in [-0.05, 0) is 44.0 Å². The van der Waals surface area contributed by atoms with Gasteiger partial charge < -0.3 is 15.5 Å². The molecule has 2 N–H and O–H groups in total.